The molecule has 3 heterocycles. The van der Waals surface area contributed by atoms with Gasteiger partial charge in [-0.15, -0.1) is 0 Å². The van der Waals surface area contributed by atoms with Crippen LogP contribution in [-0.4, -0.2) is 71.2 Å². The standard InChI is InChI=1S/C26H32N4O6/c1-35-26(34)23-22(29-25(33)18-9-11-36-16-18)21-12-19(27-14-20(32)15-31)13-28-24(21)30(23)10-5-8-17-6-3-2-4-7-17/h2-4,6-7,12-13,18,20,27,31-32H,5,8-11,14-16H2,1H3,(H,29,33)/t18-,20+/m1/s1. The highest BCUT2D eigenvalue weighted by molar-refractivity contribution is 6.11. The van der Waals surface area contributed by atoms with Gasteiger partial charge in [0.15, 0.2) is 5.69 Å². The van der Waals surface area contributed by atoms with Crippen molar-refractivity contribution in [3.63, 3.8) is 0 Å². The number of esters is 1. The van der Waals surface area contributed by atoms with Crippen molar-refractivity contribution in [2.75, 3.05) is 44.1 Å². The maximum Gasteiger partial charge on any atom is 0.356 e. The lowest BCUT2D eigenvalue weighted by molar-refractivity contribution is -0.119. The maximum atomic E-state index is 13.0. The molecule has 1 aliphatic heterocycles. The van der Waals surface area contributed by atoms with E-state index in [4.69, 9.17) is 14.6 Å². The van der Waals surface area contributed by atoms with E-state index in [1.165, 1.54) is 12.7 Å². The van der Waals surface area contributed by atoms with Crippen molar-refractivity contribution in [2.45, 2.75) is 31.9 Å². The van der Waals surface area contributed by atoms with Gasteiger partial charge in [0.05, 0.1) is 49.9 Å². The fraction of sp³-hybridized carbons (Fsp3) is 0.423. The van der Waals surface area contributed by atoms with Gasteiger partial charge in [-0.1, -0.05) is 30.3 Å². The Kier molecular flexibility index (Phi) is 8.52. The number of aryl methyl sites for hydroxylation is 2. The van der Waals surface area contributed by atoms with Crippen molar-refractivity contribution in [3.8, 4) is 0 Å². The predicted octanol–water partition coefficient (Wildman–Crippen LogP) is 2.20. The molecule has 4 N–H and O–H groups in total. The number of pyridine rings is 1. The van der Waals surface area contributed by atoms with E-state index in [-0.39, 0.29) is 30.7 Å². The lowest BCUT2D eigenvalue weighted by atomic mass is 10.1. The molecule has 0 aliphatic carbocycles. The number of methoxy groups -OCH3 is 1. The second-order valence-electron chi connectivity index (χ2n) is 8.82. The van der Waals surface area contributed by atoms with Crippen LogP contribution in [0.1, 0.15) is 28.9 Å². The van der Waals surface area contributed by atoms with Gasteiger partial charge in [0.1, 0.15) is 5.65 Å². The van der Waals surface area contributed by atoms with Crippen molar-refractivity contribution >= 4 is 34.3 Å². The highest BCUT2D eigenvalue weighted by Crippen LogP contribution is 2.34. The number of hydrogen-bond donors (Lipinski definition) is 4. The molecule has 4 rings (SSSR count). The molecule has 0 radical (unpaired) electrons. The first kappa shape index (κ1) is 25.6. The molecular weight excluding hydrogens is 464 g/mol. The van der Waals surface area contributed by atoms with Gasteiger partial charge in [0.2, 0.25) is 5.91 Å². The Hall–Kier alpha value is -3.47. The number of nitrogens with one attached hydrogen (secondary N) is 2. The lowest BCUT2D eigenvalue weighted by Crippen LogP contribution is -2.24. The minimum absolute atomic E-state index is 0.117. The van der Waals surface area contributed by atoms with E-state index in [9.17, 15) is 14.7 Å². The number of aliphatic hydroxyl groups is 2. The van der Waals surface area contributed by atoms with Crippen molar-refractivity contribution in [1.82, 2.24) is 9.55 Å². The number of fused-ring (bicyclic) bond motifs is 1. The van der Waals surface area contributed by atoms with Crippen molar-refractivity contribution in [2.24, 2.45) is 5.92 Å². The van der Waals surface area contributed by atoms with Crippen LogP contribution in [0.2, 0.25) is 0 Å². The number of amides is 1. The third-order valence-corrected chi connectivity index (χ3v) is 6.27. The number of carbonyl (C=O) groups excluding carboxylic acids is 2. The summed E-state index contributed by atoms with van der Waals surface area (Å²) in [5.74, 6) is -1.10. The number of benzene rings is 1. The summed E-state index contributed by atoms with van der Waals surface area (Å²) in [4.78, 5) is 30.6. The number of rotatable bonds is 11. The lowest BCUT2D eigenvalue weighted by Gasteiger charge is -2.12. The molecule has 0 spiro atoms. The molecule has 3 aromatic rings. The molecule has 1 aliphatic rings. The molecule has 36 heavy (non-hydrogen) atoms. The zero-order chi connectivity index (χ0) is 25.5. The van der Waals surface area contributed by atoms with E-state index >= 15 is 0 Å². The van der Waals surface area contributed by atoms with E-state index in [0.717, 1.165) is 12.8 Å². The van der Waals surface area contributed by atoms with Crippen LogP contribution in [0.25, 0.3) is 11.0 Å². The Morgan fingerprint density at radius 2 is 2.11 bits per heavy atom. The van der Waals surface area contributed by atoms with Crippen molar-refractivity contribution in [3.05, 3.63) is 53.9 Å². The SMILES string of the molecule is COC(=O)c1c(NC(=O)[C@@H]2CCOC2)c2cc(NC[C@H](O)CO)cnc2n1CCCc1ccccc1. The van der Waals surface area contributed by atoms with Crippen LogP contribution in [0, 0.1) is 5.92 Å². The van der Waals surface area contributed by atoms with Crippen LogP contribution in [-0.2, 0) is 27.2 Å². The topological polar surface area (TPSA) is 135 Å². The highest BCUT2D eigenvalue weighted by Gasteiger charge is 2.29. The Labute approximate surface area is 209 Å². The van der Waals surface area contributed by atoms with Gasteiger partial charge in [-0.3, -0.25) is 4.79 Å². The monoisotopic (exact) mass is 496 g/mol. The fourth-order valence-corrected chi connectivity index (χ4v) is 4.33. The number of nitrogens with zero attached hydrogens (tertiary/aromatic N) is 2. The normalized spacial score (nSPS) is 16.1. The average molecular weight is 497 g/mol. The molecule has 2 atom stereocenters. The zero-order valence-electron chi connectivity index (χ0n) is 20.3. The first-order valence-corrected chi connectivity index (χ1v) is 12.1. The van der Waals surface area contributed by atoms with Crippen molar-refractivity contribution < 1.29 is 29.3 Å². The van der Waals surface area contributed by atoms with E-state index in [0.29, 0.717) is 48.6 Å². The predicted molar refractivity (Wildman–Crippen MR) is 135 cm³/mol. The molecule has 192 valence electrons. The minimum atomic E-state index is -0.935. The molecular formula is C26H32N4O6. The van der Waals surface area contributed by atoms with Gasteiger partial charge in [-0.05, 0) is 30.9 Å². The van der Waals surface area contributed by atoms with Crippen LogP contribution < -0.4 is 10.6 Å². The van der Waals surface area contributed by atoms with E-state index in [1.54, 1.807) is 16.8 Å². The summed E-state index contributed by atoms with van der Waals surface area (Å²) in [7, 11) is 1.31. The van der Waals surface area contributed by atoms with E-state index in [1.807, 2.05) is 18.2 Å². The molecule has 1 aromatic carbocycles. The first-order valence-electron chi connectivity index (χ1n) is 12.1. The summed E-state index contributed by atoms with van der Waals surface area (Å²) >= 11 is 0. The van der Waals surface area contributed by atoms with Crippen LogP contribution in [0.15, 0.2) is 42.6 Å². The third-order valence-electron chi connectivity index (χ3n) is 6.27. The van der Waals surface area contributed by atoms with Crippen LogP contribution >= 0.6 is 0 Å². The number of aliphatic hydroxyl groups excluding tert-OH is 2. The Balaban J connectivity index is 1.71. The number of aromatic nitrogens is 2. The molecule has 0 saturated carbocycles. The Morgan fingerprint density at radius 1 is 1.31 bits per heavy atom. The van der Waals surface area contributed by atoms with Gasteiger partial charge in [0, 0.05) is 25.1 Å². The summed E-state index contributed by atoms with van der Waals surface area (Å²) in [6.07, 6.45) is 2.82. The third kappa shape index (κ3) is 5.84. The maximum absolute atomic E-state index is 13.0. The molecule has 0 bridgehead atoms. The number of hydrogen-bond acceptors (Lipinski definition) is 8. The fourth-order valence-electron chi connectivity index (χ4n) is 4.33. The van der Waals surface area contributed by atoms with E-state index in [2.05, 4.69) is 27.8 Å². The summed E-state index contributed by atoms with van der Waals surface area (Å²) in [6, 6.07) is 11.8. The summed E-state index contributed by atoms with van der Waals surface area (Å²) in [5.41, 5.74) is 2.87. The van der Waals surface area contributed by atoms with Gasteiger partial charge in [-0.2, -0.15) is 0 Å². The minimum Gasteiger partial charge on any atom is -0.464 e. The smallest absolute Gasteiger partial charge is 0.356 e. The average Bonchev–Trinajstić information content (AvgIpc) is 3.55. The van der Waals surface area contributed by atoms with Gasteiger partial charge in [0.25, 0.3) is 0 Å². The van der Waals surface area contributed by atoms with Crippen LogP contribution in [0.5, 0.6) is 0 Å². The van der Waals surface area contributed by atoms with Crippen LogP contribution in [0.3, 0.4) is 0 Å². The van der Waals surface area contributed by atoms with E-state index < -0.39 is 12.1 Å². The summed E-state index contributed by atoms with van der Waals surface area (Å²) in [6.45, 7) is 1.08. The number of ether oxygens (including phenoxy) is 2. The quantitative estimate of drug-likeness (QED) is 0.297. The van der Waals surface area contributed by atoms with Crippen molar-refractivity contribution in [1.29, 1.82) is 0 Å². The number of anilines is 2. The molecule has 1 fully saturated rings. The van der Waals surface area contributed by atoms with Gasteiger partial charge >= 0.3 is 5.97 Å². The summed E-state index contributed by atoms with van der Waals surface area (Å²) in [5, 5.41) is 25.4. The molecule has 10 nitrogen and oxygen atoms in total. The highest BCUT2D eigenvalue weighted by atomic mass is 16.5. The Morgan fingerprint density at radius 3 is 2.81 bits per heavy atom. The second kappa shape index (κ2) is 12.0. The largest absolute Gasteiger partial charge is 0.464 e. The number of carbonyl (C=O) groups is 2. The summed E-state index contributed by atoms with van der Waals surface area (Å²) < 4.78 is 12.3. The molecule has 0 unspecified atom stereocenters. The van der Waals surface area contributed by atoms with Gasteiger partial charge < -0.3 is 34.9 Å². The Bertz CT molecular complexity index is 1190. The molecule has 2 aromatic heterocycles. The first-order chi connectivity index (χ1) is 17.5. The van der Waals surface area contributed by atoms with Gasteiger partial charge in [-0.25, -0.2) is 9.78 Å². The zero-order valence-corrected chi connectivity index (χ0v) is 20.3. The van der Waals surface area contributed by atoms with Crippen LogP contribution in [0.4, 0.5) is 11.4 Å². The molecule has 10 heteroatoms. The molecule has 1 amide bonds. The second-order valence-corrected chi connectivity index (χ2v) is 8.82. The molecule has 1 saturated heterocycles.